The molecule has 2 aromatic rings. The predicted molar refractivity (Wildman–Crippen MR) is 73.7 cm³/mol. The first kappa shape index (κ1) is 13.8. The molecule has 1 heterocycles. The molecule has 0 bridgehead atoms. The van der Waals surface area contributed by atoms with E-state index < -0.39 is 5.97 Å². The van der Waals surface area contributed by atoms with Gasteiger partial charge in [0.15, 0.2) is 0 Å². The number of aliphatic carboxylic acids is 1. The van der Waals surface area contributed by atoms with E-state index in [1.807, 2.05) is 32.0 Å². The lowest BCUT2D eigenvalue weighted by atomic mass is 10.1. The zero-order valence-electron chi connectivity index (χ0n) is 11.3. The summed E-state index contributed by atoms with van der Waals surface area (Å²) in [7, 11) is 0. The first-order valence-electron chi connectivity index (χ1n) is 6.08. The summed E-state index contributed by atoms with van der Waals surface area (Å²) in [6.07, 6.45) is 2.76. The van der Waals surface area contributed by atoms with Gasteiger partial charge in [0.2, 0.25) is 0 Å². The van der Waals surface area contributed by atoms with Crippen LogP contribution in [0.1, 0.15) is 21.5 Å². The average molecular weight is 273 g/mol. The molecule has 0 saturated carbocycles. The van der Waals surface area contributed by atoms with Gasteiger partial charge in [0, 0.05) is 11.9 Å². The molecule has 0 fully saturated rings. The van der Waals surface area contributed by atoms with E-state index in [1.165, 1.54) is 17.1 Å². The Bertz CT molecular complexity index is 661. The summed E-state index contributed by atoms with van der Waals surface area (Å²) < 4.78 is 1.21. The van der Waals surface area contributed by atoms with Gasteiger partial charge in [0.05, 0.1) is 11.8 Å². The van der Waals surface area contributed by atoms with Crippen LogP contribution in [0, 0.1) is 13.8 Å². The van der Waals surface area contributed by atoms with E-state index in [-0.39, 0.29) is 12.5 Å². The second-order valence-corrected chi connectivity index (χ2v) is 4.59. The maximum Gasteiger partial charge on any atom is 0.325 e. The van der Waals surface area contributed by atoms with Crippen molar-refractivity contribution in [3.63, 3.8) is 0 Å². The van der Waals surface area contributed by atoms with Gasteiger partial charge in [-0.15, -0.1) is 0 Å². The highest BCUT2D eigenvalue weighted by atomic mass is 16.4. The fraction of sp³-hybridized carbons (Fsp3) is 0.214. The van der Waals surface area contributed by atoms with Crippen LogP contribution in [0.2, 0.25) is 0 Å². The smallest absolute Gasteiger partial charge is 0.325 e. The van der Waals surface area contributed by atoms with Crippen LogP contribution in [-0.2, 0) is 11.3 Å². The summed E-state index contributed by atoms with van der Waals surface area (Å²) in [5, 5.41) is 15.3. The number of aromatic nitrogens is 2. The van der Waals surface area contributed by atoms with Gasteiger partial charge in [0.1, 0.15) is 6.54 Å². The molecule has 6 heteroatoms. The molecule has 0 spiro atoms. The first-order chi connectivity index (χ1) is 9.45. The van der Waals surface area contributed by atoms with E-state index in [1.54, 1.807) is 0 Å². The molecule has 0 saturated heterocycles. The van der Waals surface area contributed by atoms with Crippen LogP contribution in [0.4, 0.5) is 5.69 Å². The van der Waals surface area contributed by atoms with Crippen molar-refractivity contribution in [3.05, 3.63) is 47.3 Å². The van der Waals surface area contributed by atoms with Crippen molar-refractivity contribution < 1.29 is 14.7 Å². The minimum Gasteiger partial charge on any atom is -0.480 e. The molecule has 2 rings (SSSR count). The lowest BCUT2D eigenvalue weighted by Gasteiger charge is -2.07. The van der Waals surface area contributed by atoms with Crippen molar-refractivity contribution >= 4 is 17.6 Å². The summed E-state index contributed by atoms with van der Waals surface area (Å²) in [6, 6.07) is 5.73. The Morgan fingerprint density at radius 1 is 1.35 bits per heavy atom. The number of nitrogens with zero attached hydrogens (tertiary/aromatic N) is 2. The number of anilines is 1. The van der Waals surface area contributed by atoms with Crippen molar-refractivity contribution in [2.75, 3.05) is 5.32 Å². The molecule has 1 aromatic heterocycles. The second kappa shape index (κ2) is 5.56. The average Bonchev–Trinajstić information content (AvgIpc) is 2.80. The molecule has 1 aromatic carbocycles. The maximum atomic E-state index is 12.0. The van der Waals surface area contributed by atoms with Crippen molar-refractivity contribution in [1.82, 2.24) is 9.78 Å². The van der Waals surface area contributed by atoms with E-state index in [0.29, 0.717) is 5.56 Å². The van der Waals surface area contributed by atoms with Crippen molar-refractivity contribution in [1.29, 1.82) is 0 Å². The SMILES string of the molecule is Cc1ccc(NC(=O)c2cnn(CC(=O)O)c2)c(C)c1. The summed E-state index contributed by atoms with van der Waals surface area (Å²) in [4.78, 5) is 22.6. The molecule has 20 heavy (non-hydrogen) atoms. The lowest BCUT2D eigenvalue weighted by Crippen LogP contribution is -2.12. The Morgan fingerprint density at radius 3 is 2.75 bits per heavy atom. The number of nitrogens with one attached hydrogen (secondary N) is 1. The number of rotatable bonds is 4. The summed E-state index contributed by atoms with van der Waals surface area (Å²) in [5.41, 5.74) is 3.14. The van der Waals surface area contributed by atoms with Gasteiger partial charge in [-0.05, 0) is 25.5 Å². The molecule has 0 unspecified atom stereocenters. The zero-order chi connectivity index (χ0) is 14.7. The number of aryl methyl sites for hydroxylation is 2. The minimum atomic E-state index is -1.01. The van der Waals surface area contributed by atoms with Crippen LogP contribution in [0.25, 0.3) is 0 Å². The maximum absolute atomic E-state index is 12.0. The van der Waals surface area contributed by atoms with Crippen LogP contribution in [0.3, 0.4) is 0 Å². The van der Waals surface area contributed by atoms with Crippen LogP contribution in [-0.4, -0.2) is 26.8 Å². The number of benzene rings is 1. The van der Waals surface area contributed by atoms with E-state index in [0.717, 1.165) is 16.8 Å². The van der Waals surface area contributed by atoms with Crippen molar-refractivity contribution in [3.8, 4) is 0 Å². The van der Waals surface area contributed by atoms with Gasteiger partial charge >= 0.3 is 5.97 Å². The zero-order valence-corrected chi connectivity index (χ0v) is 11.3. The molecular weight excluding hydrogens is 258 g/mol. The highest BCUT2D eigenvalue weighted by Crippen LogP contribution is 2.17. The molecule has 1 amide bonds. The molecule has 0 aliphatic rings. The van der Waals surface area contributed by atoms with Gasteiger partial charge in [-0.1, -0.05) is 17.7 Å². The highest BCUT2D eigenvalue weighted by Gasteiger charge is 2.11. The van der Waals surface area contributed by atoms with E-state index >= 15 is 0 Å². The Labute approximate surface area is 116 Å². The quantitative estimate of drug-likeness (QED) is 0.890. The number of hydrogen-bond acceptors (Lipinski definition) is 3. The largest absolute Gasteiger partial charge is 0.480 e. The summed E-state index contributed by atoms with van der Waals surface area (Å²) >= 11 is 0. The topological polar surface area (TPSA) is 84.2 Å². The molecular formula is C14H15N3O3. The monoisotopic (exact) mass is 273 g/mol. The number of carboxylic acid groups (broad SMARTS) is 1. The number of carbonyl (C=O) groups excluding carboxylic acids is 1. The van der Waals surface area contributed by atoms with Gasteiger partial charge < -0.3 is 10.4 Å². The Balaban J connectivity index is 2.11. The van der Waals surface area contributed by atoms with Gasteiger partial charge in [-0.2, -0.15) is 5.10 Å². The van der Waals surface area contributed by atoms with Gasteiger partial charge in [-0.3, -0.25) is 14.3 Å². The molecule has 0 radical (unpaired) electrons. The van der Waals surface area contributed by atoms with Crippen molar-refractivity contribution in [2.24, 2.45) is 0 Å². The molecule has 104 valence electrons. The van der Waals surface area contributed by atoms with Crippen LogP contribution >= 0.6 is 0 Å². The number of hydrogen-bond donors (Lipinski definition) is 2. The Morgan fingerprint density at radius 2 is 2.10 bits per heavy atom. The van der Waals surface area contributed by atoms with E-state index in [2.05, 4.69) is 10.4 Å². The third kappa shape index (κ3) is 3.23. The first-order valence-corrected chi connectivity index (χ1v) is 6.08. The second-order valence-electron chi connectivity index (χ2n) is 4.59. The van der Waals surface area contributed by atoms with E-state index in [9.17, 15) is 9.59 Å². The number of amides is 1. The molecule has 6 nitrogen and oxygen atoms in total. The fourth-order valence-corrected chi connectivity index (χ4v) is 1.85. The normalized spacial score (nSPS) is 10.3. The van der Waals surface area contributed by atoms with E-state index in [4.69, 9.17) is 5.11 Å². The van der Waals surface area contributed by atoms with Crippen LogP contribution < -0.4 is 5.32 Å². The highest BCUT2D eigenvalue weighted by molar-refractivity contribution is 6.04. The standard InChI is InChI=1S/C14H15N3O3/c1-9-3-4-12(10(2)5-9)16-14(20)11-6-15-17(7-11)8-13(18)19/h3-7H,8H2,1-2H3,(H,16,20)(H,18,19). The molecule has 0 aliphatic carbocycles. The number of carboxylic acids is 1. The number of carbonyl (C=O) groups is 2. The summed E-state index contributed by atoms with van der Waals surface area (Å²) in [5.74, 6) is -1.32. The lowest BCUT2D eigenvalue weighted by molar-refractivity contribution is -0.137. The van der Waals surface area contributed by atoms with Crippen LogP contribution in [0.15, 0.2) is 30.6 Å². The molecule has 2 N–H and O–H groups in total. The Kier molecular flexibility index (Phi) is 3.84. The minimum absolute atomic E-state index is 0.267. The molecule has 0 aliphatic heterocycles. The van der Waals surface area contributed by atoms with Crippen molar-refractivity contribution in [2.45, 2.75) is 20.4 Å². The molecule has 0 atom stereocenters. The Hall–Kier alpha value is -2.63. The third-order valence-electron chi connectivity index (χ3n) is 2.82. The third-order valence-corrected chi connectivity index (χ3v) is 2.82. The van der Waals surface area contributed by atoms with Gasteiger partial charge in [-0.25, -0.2) is 0 Å². The summed E-state index contributed by atoms with van der Waals surface area (Å²) in [6.45, 7) is 3.63. The van der Waals surface area contributed by atoms with Gasteiger partial charge in [0.25, 0.3) is 5.91 Å². The fourth-order valence-electron chi connectivity index (χ4n) is 1.85. The van der Waals surface area contributed by atoms with Crippen LogP contribution in [0.5, 0.6) is 0 Å². The predicted octanol–water partition coefficient (Wildman–Crippen LogP) is 1.84.